The minimum atomic E-state index is -0.657. The zero-order valence-corrected chi connectivity index (χ0v) is 10.9. The molecule has 2 heterocycles. The number of rotatable bonds is 1. The van der Waals surface area contributed by atoms with Crippen LogP contribution in [0.2, 0.25) is 0 Å². The first-order valence-corrected chi connectivity index (χ1v) is 6.41. The smallest absolute Gasteiger partial charge is 0.255 e. The van der Waals surface area contributed by atoms with Gasteiger partial charge in [0.15, 0.2) is 0 Å². The summed E-state index contributed by atoms with van der Waals surface area (Å²) in [6.45, 7) is 1.80. The summed E-state index contributed by atoms with van der Waals surface area (Å²) in [5.74, 6) is -1.42. The quantitative estimate of drug-likeness (QED) is 0.775. The lowest BCUT2D eigenvalue weighted by Gasteiger charge is -2.29. The molecule has 1 unspecified atom stereocenters. The first-order valence-electron chi connectivity index (χ1n) is 6.41. The molecule has 1 aromatic rings. The van der Waals surface area contributed by atoms with E-state index < -0.39 is 11.9 Å². The Morgan fingerprint density at radius 1 is 1.30 bits per heavy atom. The van der Waals surface area contributed by atoms with Gasteiger partial charge >= 0.3 is 0 Å². The van der Waals surface area contributed by atoms with Crippen LogP contribution in [0, 0.1) is 12.7 Å². The molecule has 0 radical (unpaired) electrons. The first kappa shape index (κ1) is 12.8. The van der Waals surface area contributed by atoms with E-state index in [1.54, 1.807) is 6.92 Å². The molecule has 1 atom stereocenters. The van der Waals surface area contributed by atoms with E-state index in [0.717, 1.165) is 0 Å². The molecule has 0 aromatic heterocycles. The zero-order chi connectivity index (χ0) is 14.4. The van der Waals surface area contributed by atoms with E-state index in [9.17, 15) is 18.8 Å². The number of fused-ring (bicyclic) bond motifs is 1. The minimum Gasteiger partial charge on any atom is -0.322 e. The van der Waals surface area contributed by atoms with E-state index in [1.807, 2.05) is 0 Å². The Labute approximate surface area is 114 Å². The van der Waals surface area contributed by atoms with Crippen LogP contribution in [-0.4, -0.2) is 28.7 Å². The lowest BCUT2D eigenvalue weighted by Crippen LogP contribution is -2.52. The number of benzene rings is 1. The molecule has 2 aliphatic heterocycles. The van der Waals surface area contributed by atoms with E-state index >= 15 is 0 Å². The number of amides is 3. The lowest BCUT2D eigenvalue weighted by molar-refractivity contribution is -0.136. The second kappa shape index (κ2) is 4.40. The highest BCUT2D eigenvalue weighted by Gasteiger charge is 2.39. The molecule has 1 aromatic carbocycles. The Morgan fingerprint density at radius 3 is 2.75 bits per heavy atom. The summed E-state index contributed by atoms with van der Waals surface area (Å²) >= 11 is 0. The fourth-order valence-corrected chi connectivity index (χ4v) is 2.69. The van der Waals surface area contributed by atoms with Crippen molar-refractivity contribution >= 4 is 17.7 Å². The number of nitrogens with one attached hydrogen (secondary N) is 1. The number of halogens is 1. The van der Waals surface area contributed by atoms with Crippen molar-refractivity contribution in [2.45, 2.75) is 32.4 Å². The van der Waals surface area contributed by atoms with E-state index in [-0.39, 0.29) is 30.6 Å². The van der Waals surface area contributed by atoms with Crippen LogP contribution in [0.15, 0.2) is 12.1 Å². The van der Waals surface area contributed by atoms with Gasteiger partial charge in [-0.1, -0.05) is 0 Å². The Kier molecular flexibility index (Phi) is 2.81. The minimum absolute atomic E-state index is 0.206. The summed E-state index contributed by atoms with van der Waals surface area (Å²) in [6, 6.07) is 2.20. The van der Waals surface area contributed by atoms with Crippen LogP contribution in [0.4, 0.5) is 4.39 Å². The fraction of sp³-hybridized carbons (Fsp3) is 0.357. The van der Waals surface area contributed by atoms with Gasteiger partial charge in [-0.2, -0.15) is 0 Å². The maximum atomic E-state index is 13.5. The van der Waals surface area contributed by atoms with Gasteiger partial charge in [0, 0.05) is 18.5 Å². The monoisotopic (exact) mass is 276 g/mol. The van der Waals surface area contributed by atoms with Gasteiger partial charge in [-0.25, -0.2) is 4.39 Å². The van der Waals surface area contributed by atoms with Gasteiger partial charge < -0.3 is 4.90 Å². The highest BCUT2D eigenvalue weighted by atomic mass is 19.1. The lowest BCUT2D eigenvalue weighted by atomic mass is 10.0. The van der Waals surface area contributed by atoms with E-state index in [4.69, 9.17) is 0 Å². The van der Waals surface area contributed by atoms with Gasteiger partial charge in [-0.05, 0) is 36.6 Å². The molecule has 3 amide bonds. The Morgan fingerprint density at radius 2 is 2.05 bits per heavy atom. The number of imide groups is 1. The summed E-state index contributed by atoms with van der Waals surface area (Å²) in [5, 5.41) is 2.23. The van der Waals surface area contributed by atoms with Crippen molar-refractivity contribution in [3.05, 3.63) is 34.6 Å². The van der Waals surface area contributed by atoms with Crippen molar-refractivity contribution in [2.24, 2.45) is 0 Å². The molecular weight excluding hydrogens is 263 g/mol. The third-order valence-electron chi connectivity index (χ3n) is 3.80. The van der Waals surface area contributed by atoms with Gasteiger partial charge in [-0.3, -0.25) is 19.7 Å². The second-order valence-electron chi connectivity index (χ2n) is 5.16. The molecule has 0 saturated carbocycles. The fourth-order valence-electron chi connectivity index (χ4n) is 2.69. The van der Waals surface area contributed by atoms with Gasteiger partial charge in [0.2, 0.25) is 11.8 Å². The average molecular weight is 276 g/mol. The van der Waals surface area contributed by atoms with Crippen molar-refractivity contribution in [1.29, 1.82) is 0 Å². The molecule has 6 heteroatoms. The molecule has 0 spiro atoms. The normalized spacial score (nSPS) is 22.0. The van der Waals surface area contributed by atoms with Crippen molar-refractivity contribution in [3.63, 3.8) is 0 Å². The highest BCUT2D eigenvalue weighted by molar-refractivity contribution is 6.05. The summed E-state index contributed by atoms with van der Waals surface area (Å²) in [5.41, 5.74) is 1.43. The van der Waals surface area contributed by atoms with Gasteiger partial charge in [0.05, 0.1) is 0 Å². The van der Waals surface area contributed by atoms with Crippen molar-refractivity contribution in [1.82, 2.24) is 10.2 Å². The van der Waals surface area contributed by atoms with Crippen LogP contribution < -0.4 is 5.32 Å². The van der Waals surface area contributed by atoms with Crippen LogP contribution in [0.1, 0.15) is 34.3 Å². The number of carbonyl (C=O) groups excluding carboxylic acids is 3. The van der Waals surface area contributed by atoms with Crippen molar-refractivity contribution in [3.8, 4) is 0 Å². The number of nitrogens with zero attached hydrogens (tertiary/aromatic N) is 1. The topological polar surface area (TPSA) is 66.5 Å². The average Bonchev–Trinajstić information content (AvgIpc) is 2.68. The van der Waals surface area contributed by atoms with E-state index in [1.165, 1.54) is 17.0 Å². The Balaban J connectivity index is 1.90. The molecule has 3 rings (SSSR count). The number of piperidine rings is 1. The summed E-state index contributed by atoms with van der Waals surface area (Å²) < 4.78 is 13.5. The van der Waals surface area contributed by atoms with Crippen LogP contribution in [0.25, 0.3) is 0 Å². The maximum absolute atomic E-state index is 13.5. The van der Waals surface area contributed by atoms with Gasteiger partial charge in [0.1, 0.15) is 11.9 Å². The van der Waals surface area contributed by atoms with Crippen molar-refractivity contribution in [2.75, 3.05) is 0 Å². The van der Waals surface area contributed by atoms with Crippen molar-refractivity contribution < 1.29 is 18.8 Å². The van der Waals surface area contributed by atoms with E-state index in [2.05, 4.69) is 5.32 Å². The largest absolute Gasteiger partial charge is 0.322 e. The predicted octanol–water partition coefficient (Wildman–Crippen LogP) is 0.895. The number of hydrogen-bond donors (Lipinski definition) is 1. The Hall–Kier alpha value is -2.24. The first-order chi connectivity index (χ1) is 9.47. The standard InChI is InChI=1S/C14H13FN2O3/c1-7-4-9-8(5-10(7)15)6-17(14(9)20)11-2-3-12(18)16-13(11)19/h4-5,11H,2-3,6H2,1H3,(H,16,18,19). The predicted molar refractivity (Wildman–Crippen MR) is 67.2 cm³/mol. The molecule has 1 fully saturated rings. The van der Waals surface area contributed by atoms with Crippen LogP contribution in [0.5, 0.6) is 0 Å². The third-order valence-corrected chi connectivity index (χ3v) is 3.80. The SMILES string of the molecule is Cc1cc2c(cc1F)CN(C1CCC(=O)NC1=O)C2=O. The molecule has 5 nitrogen and oxygen atoms in total. The molecule has 2 aliphatic rings. The molecule has 20 heavy (non-hydrogen) atoms. The van der Waals surface area contributed by atoms with Crippen LogP contribution in [0.3, 0.4) is 0 Å². The molecule has 104 valence electrons. The van der Waals surface area contributed by atoms with Gasteiger partial charge in [0.25, 0.3) is 5.91 Å². The Bertz CT molecular complexity index is 642. The molecule has 1 N–H and O–H groups in total. The van der Waals surface area contributed by atoms with E-state index in [0.29, 0.717) is 23.1 Å². The number of carbonyl (C=O) groups is 3. The van der Waals surface area contributed by atoms with Crippen LogP contribution >= 0.6 is 0 Å². The molecule has 1 saturated heterocycles. The molecule has 0 aliphatic carbocycles. The summed E-state index contributed by atoms with van der Waals surface area (Å²) in [4.78, 5) is 36.7. The second-order valence-corrected chi connectivity index (χ2v) is 5.16. The van der Waals surface area contributed by atoms with Gasteiger partial charge in [-0.15, -0.1) is 0 Å². The summed E-state index contributed by atoms with van der Waals surface area (Å²) in [7, 11) is 0. The number of hydrogen-bond acceptors (Lipinski definition) is 3. The van der Waals surface area contributed by atoms with Crippen LogP contribution in [-0.2, 0) is 16.1 Å². The highest BCUT2D eigenvalue weighted by Crippen LogP contribution is 2.29. The molecular formula is C14H13FN2O3. The third kappa shape index (κ3) is 1.88. The summed E-state index contributed by atoms with van der Waals surface area (Å²) in [6.07, 6.45) is 0.524. The molecule has 0 bridgehead atoms. The number of aryl methyl sites for hydroxylation is 1. The maximum Gasteiger partial charge on any atom is 0.255 e. The zero-order valence-electron chi connectivity index (χ0n) is 10.9.